The molecule has 0 atom stereocenters. The van der Waals surface area contributed by atoms with E-state index < -0.39 is 17.2 Å². The Morgan fingerprint density at radius 3 is 2.48 bits per heavy atom. The van der Waals surface area contributed by atoms with Gasteiger partial charge in [-0.15, -0.1) is 11.3 Å². The maximum atomic E-state index is 13.8. The number of nitrogens with two attached hydrogens (primary N) is 1. The van der Waals surface area contributed by atoms with Crippen molar-refractivity contribution in [3.63, 3.8) is 0 Å². The molecular weight excluding hydrogens is 290 g/mol. The molecule has 1 heterocycles. The molecule has 5 heteroatoms. The molecule has 0 saturated heterocycles. The van der Waals surface area contributed by atoms with Crippen molar-refractivity contribution in [3.05, 3.63) is 40.2 Å². The quantitative estimate of drug-likeness (QED) is 0.824. The van der Waals surface area contributed by atoms with Crippen LogP contribution in [-0.4, -0.2) is 4.98 Å². The number of hydrogen-bond donors (Lipinski definition) is 1. The van der Waals surface area contributed by atoms with Crippen LogP contribution in [0.5, 0.6) is 0 Å². The Kier molecular flexibility index (Phi) is 4.04. The lowest BCUT2D eigenvalue weighted by atomic mass is 9.92. The van der Waals surface area contributed by atoms with Gasteiger partial charge in [0.2, 0.25) is 0 Å². The van der Waals surface area contributed by atoms with Gasteiger partial charge in [-0.05, 0) is 25.0 Å². The summed E-state index contributed by atoms with van der Waals surface area (Å²) in [5.74, 6) is -1.16. The first-order valence-corrected chi connectivity index (χ1v) is 8.17. The molecule has 2 nitrogen and oxygen atoms in total. The minimum atomic E-state index is -0.584. The van der Waals surface area contributed by atoms with Crippen molar-refractivity contribution >= 4 is 11.3 Å². The number of nitrogens with zero attached hydrogens (tertiary/aromatic N) is 1. The molecule has 21 heavy (non-hydrogen) atoms. The molecule has 112 valence electrons. The lowest BCUT2D eigenvalue weighted by molar-refractivity contribution is 0.384. The third-order valence-electron chi connectivity index (χ3n) is 4.13. The molecule has 2 N–H and O–H groups in total. The summed E-state index contributed by atoms with van der Waals surface area (Å²) < 4.78 is 26.8. The molecule has 3 rings (SSSR count). The van der Waals surface area contributed by atoms with Crippen LogP contribution in [0.4, 0.5) is 8.78 Å². The minimum Gasteiger partial charge on any atom is -0.319 e. The lowest BCUT2D eigenvalue weighted by Gasteiger charge is -2.25. The number of rotatable bonds is 2. The SMILES string of the molecule is NC1(c2nc(-c3ccc(F)cc3F)cs2)CCCCCC1. The normalized spacial score (nSPS) is 18.4. The van der Waals surface area contributed by atoms with Gasteiger partial charge >= 0.3 is 0 Å². The summed E-state index contributed by atoms with van der Waals surface area (Å²) in [6.07, 6.45) is 6.48. The minimum absolute atomic E-state index is 0.330. The molecule has 0 radical (unpaired) electrons. The maximum Gasteiger partial charge on any atom is 0.135 e. The fraction of sp³-hybridized carbons (Fsp3) is 0.438. The van der Waals surface area contributed by atoms with Gasteiger partial charge in [-0.3, -0.25) is 0 Å². The predicted octanol–water partition coefficient (Wildman–Crippen LogP) is 4.60. The second-order valence-electron chi connectivity index (χ2n) is 5.73. The van der Waals surface area contributed by atoms with E-state index >= 15 is 0 Å². The second-order valence-corrected chi connectivity index (χ2v) is 6.59. The van der Waals surface area contributed by atoms with Crippen LogP contribution in [0.1, 0.15) is 43.5 Å². The van der Waals surface area contributed by atoms with Gasteiger partial charge in [0.1, 0.15) is 16.6 Å². The summed E-state index contributed by atoms with van der Waals surface area (Å²) in [7, 11) is 0. The maximum absolute atomic E-state index is 13.8. The molecule has 0 bridgehead atoms. The van der Waals surface area contributed by atoms with Gasteiger partial charge in [0.15, 0.2) is 0 Å². The summed E-state index contributed by atoms with van der Waals surface area (Å²) in [5.41, 5.74) is 7.01. The van der Waals surface area contributed by atoms with Crippen LogP contribution in [0.2, 0.25) is 0 Å². The van der Waals surface area contributed by atoms with Gasteiger partial charge in [-0.1, -0.05) is 25.7 Å². The zero-order valence-corrected chi connectivity index (χ0v) is 12.6. The zero-order valence-electron chi connectivity index (χ0n) is 11.7. The Balaban J connectivity index is 1.92. The van der Waals surface area contributed by atoms with Crippen molar-refractivity contribution < 1.29 is 8.78 Å². The molecule has 0 unspecified atom stereocenters. The number of hydrogen-bond acceptors (Lipinski definition) is 3. The summed E-state index contributed by atoms with van der Waals surface area (Å²) in [4.78, 5) is 4.54. The zero-order chi connectivity index (χ0) is 14.9. The molecule has 0 aliphatic heterocycles. The summed E-state index contributed by atoms with van der Waals surface area (Å²) >= 11 is 1.48. The Labute approximate surface area is 127 Å². The van der Waals surface area contributed by atoms with Gasteiger partial charge in [-0.25, -0.2) is 13.8 Å². The number of thiazole rings is 1. The molecular formula is C16H18F2N2S. The van der Waals surface area contributed by atoms with Crippen LogP contribution >= 0.6 is 11.3 Å². The number of halogens is 2. The van der Waals surface area contributed by atoms with Crippen LogP contribution in [0.15, 0.2) is 23.6 Å². The first-order valence-electron chi connectivity index (χ1n) is 7.29. The molecule has 0 spiro atoms. The molecule has 2 aromatic rings. The largest absolute Gasteiger partial charge is 0.319 e. The first kappa shape index (κ1) is 14.6. The van der Waals surface area contributed by atoms with E-state index in [0.717, 1.165) is 36.8 Å². The topological polar surface area (TPSA) is 38.9 Å². The third kappa shape index (κ3) is 2.99. The Morgan fingerprint density at radius 1 is 1.10 bits per heavy atom. The fourth-order valence-corrected chi connectivity index (χ4v) is 3.89. The van der Waals surface area contributed by atoms with Gasteiger partial charge in [0.05, 0.1) is 11.2 Å². The first-order chi connectivity index (χ1) is 10.1. The fourth-order valence-electron chi connectivity index (χ4n) is 2.90. The van der Waals surface area contributed by atoms with E-state index in [0.29, 0.717) is 11.3 Å². The van der Waals surface area contributed by atoms with E-state index in [1.54, 1.807) is 0 Å². The van der Waals surface area contributed by atoms with Gasteiger partial charge < -0.3 is 5.73 Å². The molecule has 1 fully saturated rings. The number of aromatic nitrogens is 1. The third-order valence-corrected chi connectivity index (χ3v) is 5.20. The molecule has 1 saturated carbocycles. The predicted molar refractivity (Wildman–Crippen MR) is 81.0 cm³/mol. The van der Waals surface area contributed by atoms with E-state index in [4.69, 9.17) is 5.73 Å². The Morgan fingerprint density at radius 2 is 1.81 bits per heavy atom. The van der Waals surface area contributed by atoms with Gasteiger partial charge in [0, 0.05) is 17.0 Å². The van der Waals surface area contributed by atoms with E-state index in [9.17, 15) is 8.78 Å². The molecule has 1 aromatic carbocycles. The summed E-state index contributed by atoms with van der Waals surface area (Å²) in [6, 6.07) is 3.57. The van der Waals surface area contributed by atoms with Crippen molar-refractivity contribution in [2.45, 2.75) is 44.1 Å². The van der Waals surface area contributed by atoms with Gasteiger partial charge in [0.25, 0.3) is 0 Å². The lowest BCUT2D eigenvalue weighted by Crippen LogP contribution is -2.35. The monoisotopic (exact) mass is 308 g/mol. The van der Waals surface area contributed by atoms with Crippen molar-refractivity contribution in [2.24, 2.45) is 5.73 Å². The van der Waals surface area contributed by atoms with Crippen LogP contribution < -0.4 is 5.73 Å². The smallest absolute Gasteiger partial charge is 0.135 e. The standard InChI is InChI=1S/C16H18F2N2S/c17-11-5-6-12(13(18)9-11)14-10-21-15(20-14)16(19)7-3-1-2-4-8-16/h5-6,9-10H,1-4,7-8,19H2. The van der Waals surface area contributed by atoms with Crippen molar-refractivity contribution in [1.82, 2.24) is 4.98 Å². The number of benzene rings is 1. The van der Waals surface area contributed by atoms with E-state index in [1.165, 1.54) is 36.3 Å². The van der Waals surface area contributed by atoms with Crippen molar-refractivity contribution in [3.8, 4) is 11.3 Å². The average Bonchev–Trinajstić information content (AvgIpc) is 2.83. The summed E-state index contributed by atoms with van der Waals surface area (Å²) in [6.45, 7) is 0. The average molecular weight is 308 g/mol. The highest BCUT2D eigenvalue weighted by atomic mass is 32.1. The second kappa shape index (κ2) is 5.81. The molecule has 1 aliphatic carbocycles. The van der Waals surface area contributed by atoms with Gasteiger partial charge in [-0.2, -0.15) is 0 Å². The highest BCUT2D eigenvalue weighted by Gasteiger charge is 2.31. The van der Waals surface area contributed by atoms with Crippen LogP contribution in [0.3, 0.4) is 0 Å². The van der Waals surface area contributed by atoms with Crippen LogP contribution in [0.25, 0.3) is 11.3 Å². The highest BCUT2D eigenvalue weighted by molar-refractivity contribution is 7.10. The Hall–Kier alpha value is -1.33. The van der Waals surface area contributed by atoms with E-state index in [1.807, 2.05) is 5.38 Å². The van der Waals surface area contributed by atoms with Crippen molar-refractivity contribution in [2.75, 3.05) is 0 Å². The van der Waals surface area contributed by atoms with Crippen LogP contribution in [0, 0.1) is 11.6 Å². The van der Waals surface area contributed by atoms with Crippen molar-refractivity contribution in [1.29, 1.82) is 0 Å². The molecule has 0 amide bonds. The highest BCUT2D eigenvalue weighted by Crippen LogP contribution is 2.37. The Bertz CT molecular complexity index is 631. The van der Waals surface area contributed by atoms with E-state index in [2.05, 4.69) is 4.98 Å². The van der Waals surface area contributed by atoms with E-state index in [-0.39, 0.29) is 0 Å². The van der Waals surface area contributed by atoms with Crippen LogP contribution in [-0.2, 0) is 5.54 Å². The summed E-state index contributed by atoms with van der Waals surface area (Å²) in [5, 5.41) is 2.67. The molecule has 1 aliphatic rings. The molecule has 1 aromatic heterocycles.